The summed E-state index contributed by atoms with van der Waals surface area (Å²) in [5.41, 5.74) is -2.56. The van der Waals surface area contributed by atoms with Crippen LogP contribution in [-0.4, -0.2) is 129 Å². The van der Waals surface area contributed by atoms with E-state index in [4.69, 9.17) is 67.3 Å². The number of methoxy groups -OCH3 is 2. The van der Waals surface area contributed by atoms with Crippen molar-refractivity contribution in [1.29, 1.82) is 0 Å². The zero-order chi connectivity index (χ0) is 67.3. The van der Waals surface area contributed by atoms with Crippen LogP contribution in [0.15, 0.2) is 105 Å². The largest absolute Gasteiger partial charge is 0.494 e. The summed E-state index contributed by atoms with van der Waals surface area (Å²) in [4.78, 5) is 102. The molecule has 0 aliphatic heterocycles. The number of carbonyl (C=O) groups is 5. The number of benzene rings is 4. The normalized spacial score (nSPS) is 11.4. The van der Waals surface area contributed by atoms with Crippen LogP contribution in [0.5, 0.6) is 29.0 Å². The number of amides is 2. The molecule has 0 saturated carbocycles. The zero-order valence-corrected chi connectivity index (χ0v) is 49.3. The molecule has 0 fully saturated rings. The van der Waals surface area contributed by atoms with Gasteiger partial charge in [0.1, 0.15) is 34.3 Å². The number of aryl methyl sites for hydroxylation is 1. The molecule has 0 aliphatic rings. The smallest absolute Gasteiger partial charge is 0.431 e. The number of alkyl halides is 7. The summed E-state index contributed by atoms with van der Waals surface area (Å²) in [5, 5.41) is 29.9. The highest BCUT2D eigenvalue weighted by molar-refractivity contribution is 7.90. The summed E-state index contributed by atoms with van der Waals surface area (Å²) in [6.45, 7) is -3.63. The minimum atomic E-state index is -4.84. The molecule has 2 heterocycles. The van der Waals surface area contributed by atoms with E-state index in [1.165, 1.54) is 67.5 Å². The van der Waals surface area contributed by atoms with E-state index in [1.54, 1.807) is 12.2 Å². The van der Waals surface area contributed by atoms with Gasteiger partial charge in [-0.05, 0) is 73.5 Å². The quantitative estimate of drug-likeness (QED) is 0.0192. The van der Waals surface area contributed by atoms with Crippen LogP contribution in [-0.2, 0) is 55.2 Å². The van der Waals surface area contributed by atoms with Crippen molar-refractivity contribution >= 4 is 76.7 Å². The first-order chi connectivity index (χ1) is 41.4. The number of hydrogen-bond acceptors (Lipinski definition) is 19. The second-order valence-electron chi connectivity index (χ2n) is 16.8. The predicted octanol–water partition coefficient (Wildman–Crippen LogP) is 7.02. The Morgan fingerprint density at radius 2 is 1.38 bits per heavy atom. The lowest BCUT2D eigenvalue weighted by Gasteiger charge is -2.17. The first-order valence-corrected chi connectivity index (χ1v) is 28.1. The van der Waals surface area contributed by atoms with Gasteiger partial charge < -0.3 is 53.5 Å². The molecule has 0 spiro atoms. The number of esters is 1. The summed E-state index contributed by atoms with van der Waals surface area (Å²) in [6, 6.07) is 17.8. The predicted molar refractivity (Wildman–Crippen MR) is 295 cm³/mol. The van der Waals surface area contributed by atoms with Crippen molar-refractivity contribution < 1.29 is 121 Å². The van der Waals surface area contributed by atoms with Crippen molar-refractivity contribution in [1.82, 2.24) is 29.1 Å². The monoisotopic (exact) mass is 1350 g/mol. The van der Waals surface area contributed by atoms with Crippen LogP contribution in [0.3, 0.4) is 0 Å². The molecule has 2 amide bonds. The fraction of sp³-hybridized carbons (Fsp3) is 0.260. The number of aliphatic carboxylic acids is 1. The Bertz CT molecular complexity index is 3760. The van der Waals surface area contributed by atoms with E-state index in [1.807, 2.05) is 25.1 Å². The molecule has 0 aliphatic carbocycles. The average Bonchev–Trinajstić information content (AvgIpc) is 0.974. The lowest BCUT2D eigenvalue weighted by molar-refractivity contribution is -0.148. The van der Waals surface area contributed by atoms with Gasteiger partial charge in [-0.1, -0.05) is 54.4 Å². The maximum Gasteiger partial charge on any atom is 0.431 e. The maximum absolute atomic E-state index is 13.1. The molecular weight excluding hydrogens is 1300 g/mol. The second-order valence-corrected chi connectivity index (χ2v) is 20.9. The van der Waals surface area contributed by atoms with Crippen LogP contribution in [0.25, 0.3) is 5.69 Å². The number of carboxylic acids is 3. The number of halogens is 9. The van der Waals surface area contributed by atoms with Gasteiger partial charge in [0.25, 0.3) is 15.6 Å². The van der Waals surface area contributed by atoms with Gasteiger partial charge in [-0.25, -0.2) is 41.7 Å². The third-order valence-electron chi connectivity index (χ3n) is 10.5. The number of aromatic carboxylic acids is 2. The number of hydrogen-bond donors (Lipinski definition) is 8. The molecule has 28 nitrogen and oxygen atoms in total. The number of anilines is 1. The molecule has 6 rings (SSSR count). The highest BCUT2D eigenvalue weighted by Crippen LogP contribution is 2.34. The van der Waals surface area contributed by atoms with Gasteiger partial charge in [0.2, 0.25) is 17.7 Å². The Balaban J connectivity index is 0.000000347. The molecule has 89 heavy (non-hydrogen) atoms. The van der Waals surface area contributed by atoms with Crippen molar-refractivity contribution in [3.05, 3.63) is 150 Å². The lowest BCUT2D eigenvalue weighted by atomic mass is 10.1. The first kappa shape index (κ1) is 74.2. The van der Waals surface area contributed by atoms with Crippen molar-refractivity contribution in [2.24, 2.45) is 7.05 Å². The van der Waals surface area contributed by atoms with Gasteiger partial charge >= 0.3 is 62.6 Å². The number of nitrogens with zero attached hydrogens (tertiary/aromatic N) is 4. The minimum absolute atomic E-state index is 0.0779. The summed E-state index contributed by atoms with van der Waals surface area (Å²) >= 11 is 11.4. The molecule has 6 aromatic rings. The van der Waals surface area contributed by atoms with Crippen LogP contribution in [0.2, 0.25) is 10.0 Å². The van der Waals surface area contributed by atoms with Crippen molar-refractivity contribution in [2.75, 3.05) is 32.4 Å². The molecule has 0 saturated heterocycles. The van der Waals surface area contributed by atoms with Gasteiger partial charge in [0.15, 0.2) is 11.9 Å². The Morgan fingerprint density at radius 1 is 0.798 bits per heavy atom. The van der Waals surface area contributed by atoms with Crippen molar-refractivity contribution in [3.63, 3.8) is 0 Å². The highest BCUT2D eigenvalue weighted by atomic mass is 35.5. The summed E-state index contributed by atoms with van der Waals surface area (Å²) in [7, 11) is -5.26. The molecule has 2 aromatic heterocycles. The highest BCUT2D eigenvalue weighted by Gasteiger charge is 2.35. The molecule has 484 valence electrons. The summed E-state index contributed by atoms with van der Waals surface area (Å²) in [6.07, 6.45) is -5.51. The maximum atomic E-state index is 13.1. The fourth-order valence-corrected chi connectivity index (χ4v) is 8.60. The van der Waals surface area contributed by atoms with E-state index in [9.17, 15) is 77.3 Å². The fourth-order valence-electron chi connectivity index (χ4n) is 6.63. The van der Waals surface area contributed by atoms with E-state index >= 15 is 0 Å². The Morgan fingerprint density at radius 3 is 1.88 bits per heavy atom. The number of ether oxygens (including phenoxy) is 6. The van der Waals surface area contributed by atoms with Gasteiger partial charge in [-0.2, -0.15) is 40.7 Å². The molecule has 0 radical (unpaired) electrons. The number of aromatic nitrogens is 4. The van der Waals surface area contributed by atoms with Gasteiger partial charge in [0.05, 0.1) is 54.4 Å². The summed E-state index contributed by atoms with van der Waals surface area (Å²) in [5.74, 6) is -6.36. The van der Waals surface area contributed by atoms with Crippen molar-refractivity contribution in [3.8, 4) is 34.7 Å². The number of carbonyl (C=O) groups excluding carboxylic acids is 2. The number of sulfonamides is 1. The van der Waals surface area contributed by atoms with Crippen LogP contribution < -0.4 is 50.3 Å². The van der Waals surface area contributed by atoms with Gasteiger partial charge in [-0.15, -0.1) is 0 Å². The SMILES string of the molecule is CCc1ccc(COc2ccc(-n3c(=O)cc(C(F)(F)F)n(C)c3=O)cc2)c(OC(C)C(=O)OC)c1.COc1c(Cl)ccc(Cl)c1C(=O)O.O=C(Nc1nc(OC(F)F)cc(OC(F)F)n1)NS(=O)(=O)c1ccccc1C(=O)O.O=C(O)CNCP(=O)(O)O. The Labute approximate surface area is 506 Å². The molecule has 0 bridgehead atoms. The summed E-state index contributed by atoms with van der Waals surface area (Å²) < 4.78 is 154. The van der Waals surface area contributed by atoms with E-state index < -0.39 is 131 Å². The zero-order valence-electron chi connectivity index (χ0n) is 46.0. The van der Waals surface area contributed by atoms with Gasteiger partial charge in [0, 0.05) is 18.7 Å². The van der Waals surface area contributed by atoms with Gasteiger partial charge in [-0.3, -0.25) is 29.4 Å². The van der Waals surface area contributed by atoms with Crippen LogP contribution in [0.1, 0.15) is 51.4 Å². The Hall–Kier alpha value is -9.06. The molecule has 8 N–H and O–H groups in total. The first-order valence-electron chi connectivity index (χ1n) is 24.1. The van der Waals surface area contributed by atoms with Crippen LogP contribution >= 0.6 is 30.8 Å². The van der Waals surface area contributed by atoms with E-state index in [-0.39, 0.29) is 33.7 Å². The lowest BCUT2D eigenvalue weighted by Crippen LogP contribution is -2.40. The minimum Gasteiger partial charge on any atom is -0.494 e. The molecule has 4 aromatic carbocycles. The molecule has 1 atom stereocenters. The van der Waals surface area contributed by atoms with Crippen molar-refractivity contribution in [2.45, 2.75) is 57.3 Å². The number of rotatable bonds is 22. The second kappa shape index (κ2) is 33.3. The van der Waals surface area contributed by atoms with E-state index in [2.05, 4.69) is 24.8 Å². The topological polar surface area (TPSA) is 399 Å². The molecule has 39 heteroatoms. The van der Waals surface area contributed by atoms with Crippen LogP contribution in [0.4, 0.5) is 41.5 Å². The average molecular weight is 1350 g/mol. The molecular formula is C50H49Cl2F7N7O21PS. The number of urea groups is 1. The van der Waals surface area contributed by atoms with E-state index in [0.29, 0.717) is 38.3 Å². The van der Waals surface area contributed by atoms with E-state index in [0.717, 1.165) is 31.2 Å². The third-order valence-corrected chi connectivity index (χ3v) is 13.1. The van der Waals surface area contributed by atoms with Crippen LogP contribution in [0, 0.1) is 0 Å². The third kappa shape index (κ3) is 23.5. The Kier molecular flexibility index (Phi) is 27.8. The number of nitrogens with one attached hydrogen (secondary N) is 3. The standard InChI is InChI=1S/C25H25F3N2O6.C14H10F4N4O7S.C8H6Cl2O3.C3H8NO5P/c1-5-16-6-7-17(20(12-16)36-15(2)23(32)34-4)14-35-19-10-8-18(9-11-19)30-22(31)13-21(25(26,27)28)29(3)24(30)33;15-11(16)28-8-5-9(29-12(17)18)20-13(19-8)21-14(25)22-30(26,27)7-4-2-1-3-6(7)10(23)24;1-13-7-5(10)3-2-4(9)6(7)8(11)12;5-3(6)1-4-2-10(7,8)9/h6-13,15H,5,14H2,1-4H3;1-5,11-12H,(H,23,24)(H2,19,20,21,22,25);2-3H,1H3,(H,11,12);4H,1-2H2,(H,5,6)(H2,7,8,9). The number of carboxylic acid groups (broad SMARTS) is 3. The molecule has 1 unspecified atom stereocenters.